The van der Waals surface area contributed by atoms with Crippen LogP contribution >= 0.6 is 0 Å². The number of hydrogen-bond donors (Lipinski definition) is 2. The largest absolute Gasteiger partial charge is 0.390 e. The second-order valence-electron chi connectivity index (χ2n) is 8.79. The molecule has 2 N–H and O–H groups in total. The Balaban J connectivity index is 1.68. The van der Waals surface area contributed by atoms with Crippen molar-refractivity contribution in [1.29, 1.82) is 0 Å². The van der Waals surface area contributed by atoms with Crippen molar-refractivity contribution in [2.75, 3.05) is 0 Å². The fourth-order valence-corrected chi connectivity index (χ4v) is 6.81. The molecule has 4 aliphatic rings. The SMILES string of the molecule is C[C@]12C=CCCC1CC[C@@H]1[C@H]2CC[C@]2(C)C(O)C(O)C[C@@H]12. The first-order chi connectivity index (χ1) is 9.97. The molecule has 3 saturated carbocycles. The summed E-state index contributed by atoms with van der Waals surface area (Å²) in [4.78, 5) is 0. The second kappa shape index (κ2) is 4.58. The van der Waals surface area contributed by atoms with Gasteiger partial charge < -0.3 is 10.2 Å². The first-order valence-corrected chi connectivity index (χ1v) is 9.00. The molecule has 3 fully saturated rings. The van der Waals surface area contributed by atoms with Gasteiger partial charge in [-0.2, -0.15) is 0 Å². The third-order valence-corrected chi connectivity index (χ3v) is 8.10. The number of fused-ring (bicyclic) bond motifs is 5. The van der Waals surface area contributed by atoms with Crippen molar-refractivity contribution < 1.29 is 10.2 Å². The molecule has 2 heteroatoms. The van der Waals surface area contributed by atoms with Crippen molar-refractivity contribution >= 4 is 0 Å². The summed E-state index contributed by atoms with van der Waals surface area (Å²) in [5, 5.41) is 20.7. The molecule has 0 aromatic heterocycles. The van der Waals surface area contributed by atoms with Gasteiger partial charge in [0.1, 0.15) is 0 Å². The maximum Gasteiger partial charge on any atom is 0.0855 e. The quantitative estimate of drug-likeness (QED) is 0.670. The molecule has 118 valence electrons. The Morgan fingerprint density at radius 1 is 1.00 bits per heavy atom. The van der Waals surface area contributed by atoms with Crippen molar-refractivity contribution in [2.24, 2.45) is 34.5 Å². The van der Waals surface area contributed by atoms with E-state index in [1.54, 1.807) is 0 Å². The van der Waals surface area contributed by atoms with Crippen LogP contribution in [0, 0.1) is 34.5 Å². The van der Waals surface area contributed by atoms with E-state index >= 15 is 0 Å². The first kappa shape index (κ1) is 14.3. The minimum absolute atomic E-state index is 0.0395. The number of rotatable bonds is 0. The van der Waals surface area contributed by atoms with Crippen molar-refractivity contribution in [1.82, 2.24) is 0 Å². The highest BCUT2D eigenvalue weighted by molar-refractivity contribution is 5.16. The third kappa shape index (κ3) is 1.78. The molecule has 3 unspecified atom stereocenters. The smallest absolute Gasteiger partial charge is 0.0855 e. The van der Waals surface area contributed by atoms with Crippen LogP contribution in [0.15, 0.2) is 12.2 Å². The fraction of sp³-hybridized carbons (Fsp3) is 0.895. The fourth-order valence-electron chi connectivity index (χ4n) is 6.81. The summed E-state index contributed by atoms with van der Waals surface area (Å²) in [6.07, 6.45) is 12.4. The van der Waals surface area contributed by atoms with E-state index < -0.39 is 12.2 Å². The zero-order valence-corrected chi connectivity index (χ0v) is 13.5. The van der Waals surface area contributed by atoms with E-state index in [-0.39, 0.29) is 5.41 Å². The predicted octanol–water partition coefficient (Wildman–Crippen LogP) is 3.53. The third-order valence-electron chi connectivity index (χ3n) is 8.10. The van der Waals surface area contributed by atoms with Crippen molar-refractivity contribution in [3.63, 3.8) is 0 Å². The van der Waals surface area contributed by atoms with Gasteiger partial charge in [0.15, 0.2) is 0 Å². The van der Waals surface area contributed by atoms with E-state index in [4.69, 9.17) is 0 Å². The maximum absolute atomic E-state index is 10.5. The van der Waals surface area contributed by atoms with Crippen LogP contribution in [0.3, 0.4) is 0 Å². The summed E-state index contributed by atoms with van der Waals surface area (Å²) in [5.74, 6) is 2.86. The normalized spacial score (nSPS) is 59.2. The summed E-state index contributed by atoms with van der Waals surface area (Å²) in [6.45, 7) is 4.73. The second-order valence-corrected chi connectivity index (χ2v) is 8.79. The maximum atomic E-state index is 10.5. The number of aliphatic hydroxyl groups excluding tert-OH is 2. The molecule has 0 aromatic rings. The lowest BCUT2D eigenvalue weighted by Crippen LogP contribution is -2.52. The standard InChI is InChI=1S/C19H30O2/c1-18-9-4-3-5-12(18)6-7-13-14(18)8-10-19(2)15(13)11-16(20)17(19)21/h4,9,12-17,20-21H,3,5-8,10-11H2,1-2H3/t12?,13-,14-,15+,16?,17?,18+,19+/m1/s1. The Morgan fingerprint density at radius 2 is 1.81 bits per heavy atom. The molecular formula is C19H30O2. The lowest BCUT2D eigenvalue weighted by atomic mass is 9.46. The molecule has 0 aliphatic heterocycles. The average molecular weight is 290 g/mol. The Hall–Kier alpha value is -0.340. The van der Waals surface area contributed by atoms with Crippen LogP contribution in [0.25, 0.3) is 0 Å². The van der Waals surface area contributed by atoms with Crippen LogP contribution in [0.4, 0.5) is 0 Å². The lowest BCUT2D eigenvalue weighted by molar-refractivity contribution is -0.100. The predicted molar refractivity (Wildman–Crippen MR) is 83.6 cm³/mol. The van der Waals surface area contributed by atoms with E-state index in [9.17, 15) is 10.2 Å². The summed E-state index contributed by atoms with van der Waals surface area (Å²) in [7, 11) is 0. The molecule has 0 amide bonds. The molecule has 0 radical (unpaired) electrons. The van der Waals surface area contributed by atoms with Gasteiger partial charge in [-0.05, 0) is 79.4 Å². The molecule has 0 spiro atoms. The van der Waals surface area contributed by atoms with E-state index in [0.29, 0.717) is 17.3 Å². The molecule has 4 rings (SSSR count). The lowest BCUT2D eigenvalue weighted by Gasteiger charge is -2.58. The van der Waals surface area contributed by atoms with Crippen LogP contribution in [-0.2, 0) is 0 Å². The highest BCUT2D eigenvalue weighted by Crippen LogP contribution is 2.65. The van der Waals surface area contributed by atoms with Gasteiger partial charge in [0.25, 0.3) is 0 Å². The van der Waals surface area contributed by atoms with Crippen molar-refractivity contribution in [3.8, 4) is 0 Å². The van der Waals surface area contributed by atoms with E-state index in [1.165, 1.54) is 32.1 Å². The summed E-state index contributed by atoms with van der Waals surface area (Å²) in [5.41, 5.74) is 0.336. The average Bonchev–Trinajstić information content (AvgIpc) is 2.70. The number of hydrogen-bond acceptors (Lipinski definition) is 2. The van der Waals surface area contributed by atoms with Gasteiger partial charge in [-0.25, -0.2) is 0 Å². The van der Waals surface area contributed by atoms with Crippen LogP contribution in [0.1, 0.15) is 58.8 Å². The topological polar surface area (TPSA) is 40.5 Å². The number of allylic oxidation sites excluding steroid dienone is 2. The molecule has 0 bridgehead atoms. The Morgan fingerprint density at radius 3 is 2.62 bits per heavy atom. The highest BCUT2D eigenvalue weighted by atomic mass is 16.3. The molecule has 0 saturated heterocycles. The molecule has 2 nitrogen and oxygen atoms in total. The van der Waals surface area contributed by atoms with Crippen LogP contribution in [0.2, 0.25) is 0 Å². The van der Waals surface area contributed by atoms with Gasteiger partial charge in [0.05, 0.1) is 12.2 Å². The molecule has 4 aliphatic carbocycles. The Bertz CT molecular complexity index is 458. The summed E-state index contributed by atoms with van der Waals surface area (Å²) >= 11 is 0. The van der Waals surface area contributed by atoms with Crippen molar-refractivity contribution in [3.05, 3.63) is 12.2 Å². The molecule has 21 heavy (non-hydrogen) atoms. The number of aliphatic hydroxyl groups is 2. The zero-order valence-electron chi connectivity index (χ0n) is 13.5. The van der Waals surface area contributed by atoms with E-state index in [1.807, 2.05) is 0 Å². The molecule has 0 aromatic carbocycles. The van der Waals surface area contributed by atoms with E-state index in [2.05, 4.69) is 26.0 Å². The van der Waals surface area contributed by atoms with Crippen LogP contribution in [0.5, 0.6) is 0 Å². The van der Waals surface area contributed by atoms with Gasteiger partial charge >= 0.3 is 0 Å². The molecule has 8 atom stereocenters. The first-order valence-electron chi connectivity index (χ1n) is 9.00. The van der Waals surface area contributed by atoms with Gasteiger partial charge in [0, 0.05) is 0 Å². The van der Waals surface area contributed by atoms with Gasteiger partial charge in [-0.3, -0.25) is 0 Å². The van der Waals surface area contributed by atoms with Gasteiger partial charge in [-0.15, -0.1) is 0 Å². The van der Waals surface area contributed by atoms with Crippen LogP contribution in [-0.4, -0.2) is 22.4 Å². The Kier molecular flexibility index (Phi) is 3.11. The summed E-state index contributed by atoms with van der Waals surface area (Å²) < 4.78 is 0. The molecular weight excluding hydrogens is 260 g/mol. The zero-order chi connectivity index (χ0) is 14.8. The van der Waals surface area contributed by atoms with Crippen LogP contribution < -0.4 is 0 Å². The molecule has 0 heterocycles. The summed E-state index contributed by atoms with van der Waals surface area (Å²) in [6, 6.07) is 0. The minimum atomic E-state index is -0.504. The van der Waals surface area contributed by atoms with Crippen molar-refractivity contribution in [2.45, 2.75) is 71.0 Å². The Labute approximate surface area is 128 Å². The van der Waals surface area contributed by atoms with E-state index in [0.717, 1.165) is 24.7 Å². The minimum Gasteiger partial charge on any atom is -0.390 e. The monoisotopic (exact) mass is 290 g/mol. The van der Waals surface area contributed by atoms with Gasteiger partial charge in [0.2, 0.25) is 0 Å². The highest BCUT2D eigenvalue weighted by Gasteiger charge is 2.61. The van der Waals surface area contributed by atoms with Gasteiger partial charge in [-0.1, -0.05) is 26.0 Å².